The SMILES string of the molecule is CN(C)[C@]1(c2ccccc2)C[C@@]2(CN(CC=O)C(=O)N2)C1. The first-order chi connectivity index (χ1) is 10.0. The number of rotatable bonds is 4. The van der Waals surface area contributed by atoms with Crippen LogP contribution in [0.2, 0.25) is 0 Å². The van der Waals surface area contributed by atoms with Crippen LogP contribution in [0.5, 0.6) is 0 Å². The predicted octanol–water partition coefficient (Wildman–Crippen LogP) is 1.20. The number of amides is 2. The molecule has 0 atom stereocenters. The van der Waals surface area contributed by atoms with Crippen LogP contribution >= 0.6 is 0 Å². The van der Waals surface area contributed by atoms with Gasteiger partial charge >= 0.3 is 6.03 Å². The van der Waals surface area contributed by atoms with Crippen LogP contribution in [0.3, 0.4) is 0 Å². The van der Waals surface area contributed by atoms with Gasteiger partial charge in [0.2, 0.25) is 0 Å². The maximum atomic E-state index is 11.9. The summed E-state index contributed by atoms with van der Waals surface area (Å²) in [6.07, 6.45) is 2.53. The van der Waals surface area contributed by atoms with E-state index in [4.69, 9.17) is 0 Å². The summed E-state index contributed by atoms with van der Waals surface area (Å²) in [5, 5.41) is 3.08. The quantitative estimate of drug-likeness (QED) is 0.847. The first-order valence-corrected chi connectivity index (χ1v) is 7.25. The molecule has 5 nitrogen and oxygen atoms in total. The molecule has 0 unspecified atom stereocenters. The second-order valence-corrected chi connectivity index (χ2v) is 6.40. The van der Waals surface area contributed by atoms with Crippen molar-refractivity contribution >= 4 is 12.3 Å². The van der Waals surface area contributed by atoms with Crippen molar-refractivity contribution in [3.05, 3.63) is 35.9 Å². The van der Waals surface area contributed by atoms with Gasteiger partial charge in [0.15, 0.2) is 0 Å². The molecule has 0 aromatic heterocycles. The van der Waals surface area contributed by atoms with Gasteiger partial charge in [-0.2, -0.15) is 0 Å². The van der Waals surface area contributed by atoms with Crippen LogP contribution in [-0.2, 0) is 10.3 Å². The minimum atomic E-state index is -0.194. The Kier molecular flexibility index (Phi) is 3.24. The van der Waals surface area contributed by atoms with E-state index < -0.39 is 0 Å². The maximum Gasteiger partial charge on any atom is 0.318 e. The molecule has 0 radical (unpaired) electrons. The fraction of sp³-hybridized carbons (Fsp3) is 0.500. The zero-order valence-corrected chi connectivity index (χ0v) is 12.5. The van der Waals surface area contributed by atoms with E-state index in [0.717, 1.165) is 19.1 Å². The minimum Gasteiger partial charge on any atom is -0.331 e. The summed E-state index contributed by atoms with van der Waals surface area (Å²) in [6, 6.07) is 10.3. The summed E-state index contributed by atoms with van der Waals surface area (Å²) in [5.41, 5.74) is 1.05. The molecule has 1 heterocycles. The van der Waals surface area contributed by atoms with Crippen molar-refractivity contribution in [2.45, 2.75) is 23.9 Å². The van der Waals surface area contributed by atoms with Gasteiger partial charge < -0.3 is 15.0 Å². The van der Waals surface area contributed by atoms with Gasteiger partial charge in [-0.1, -0.05) is 30.3 Å². The average Bonchev–Trinajstić information content (AvgIpc) is 2.75. The van der Waals surface area contributed by atoms with E-state index in [1.165, 1.54) is 5.56 Å². The van der Waals surface area contributed by atoms with Crippen LogP contribution in [0.25, 0.3) is 0 Å². The third kappa shape index (κ3) is 2.12. The van der Waals surface area contributed by atoms with E-state index in [-0.39, 0.29) is 23.7 Å². The number of carbonyl (C=O) groups excluding carboxylic acids is 2. The number of benzene rings is 1. The van der Waals surface area contributed by atoms with Gasteiger partial charge in [0.25, 0.3) is 0 Å². The third-order valence-corrected chi connectivity index (χ3v) is 4.88. The summed E-state index contributed by atoms with van der Waals surface area (Å²) in [4.78, 5) is 26.4. The molecule has 1 aromatic carbocycles. The van der Waals surface area contributed by atoms with E-state index >= 15 is 0 Å². The predicted molar refractivity (Wildman–Crippen MR) is 79.9 cm³/mol. The van der Waals surface area contributed by atoms with Gasteiger partial charge in [-0.15, -0.1) is 0 Å². The largest absolute Gasteiger partial charge is 0.331 e. The van der Waals surface area contributed by atoms with E-state index in [2.05, 4.69) is 48.6 Å². The van der Waals surface area contributed by atoms with Crippen molar-refractivity contribution in [1.82, 2.24) is 15.1 Å². The second-order valence-electron chi connectivity index (χ2n) is 6.40. The molecule has 1 spiro atoms. The number of nitrogens with zero attached hydrogens (tertiary/aromatic N) is 2. The molecular formula is C16H21N3O2. The fourth-order valence-corrected chi connectivity index (χ4v) is 3.81. The number of nitrogens with one attached hydrogen (secondary N) is 1. The standard InChI is InChI=1S/C16H21N3O2/c1-18(2)16(13-6-4-3-5-7-13)10-15(11-16)12-19(8-9-20)14(21)17-15/h3-7,9H,8,10-12H2,1-2H3,(H,17,21)/t15-,16+. The van der Waals surface area contributed by atoms with E-state index in [9.17, 15) is 9.59 Å². The van der Waals surface area contributed by atoms with Crippen LogP contribution in [0.1, 0.15) is 18.4 Å². The Morgan fingerprint density at radius 1 is 1.29 bits per heavy atom. The molecule has 5 heteroatoms. The smallest absolute Gasteiger partial charge is 0.318 e. The topological polar surface area (TPSA) is 52.7 Å². The molecule has 1 aromatic rings. The van der Waals surface area contributed by atoms with Gasteiger partial charge in [-0.25, -0.2) is 4.79 Å². The summed E-state index contributed by atoms with van der Waals surface area (Å²) in [6.45, 7) is 0.793. The summed E-state index contributed by atoms with van der Waals surface area (Å²) >= 11 is 0. The first-order valence-electron chi connectivity index (χ1n) is 7.25. The fourth-order valence-electron chi connectivity index (χ4n) is 3.81. The van der Waals surface area contributed by atoms with E-state index in [0.29, 0.717) is 6.54 Å². The average molecular weight is 287 g/mol. The van der Waals surface area contributed by atoms with Crippen molar-refractivity contribution in [1.29, 1.82) is 0 Å². The Hall–Kier alpha value is -1.88. The number of hydrogen-bond acceptors (Lipinski definition) is 3. The second kappa shape index (κ2) is 4.84. The van der Waals surface area contributed by atoms with Gasteiger partial charge in [-0.3, -0.25) is 4.90 Å². The first kappa shape index (κ1) is 14.1. The lowest BCUT2D eigenvalue weighted by atomic mass is 9.59. The Balaban J connectivity index is 1.81. The minimum absolute atomic E-state index is 0.0360. The summed E-state index contributed by atoms with van der Waals surface area (Å²) in [5.74, 6) is 0. The van der Waals surface area contributed by atoms with E-state index in [1.54, 1.807) is 4.90 Å². The van der Waals surface area contributed by atoms with Crippen molar-refractivity contribution in [2.24, 2.45) is 0 Å². The van der Waals surface area contributed by atoms with Crippen molar-refractivity contribution in [3.63, 3.8) is 0 Å². The normalized spacial score (nSPS) is 31.4. The lowest BCUT2D eigenvalue weighted by Gasteiger charge is -2.57. The van der Waals surface area contributed by atoms with Crippen molar-refractivity contribution < 1.29 is 9.59 Å². The zero-order chi connectivity index (χ0) is 15.1. The molecule has 112 valence electrons. The molecule has 0 bridgehead atoms. The molecule has 2 fully saturated rings. The van der Waals surface area contributed by atoms with Crippen LogP contribution in [0.15, 0.2) is 30.3 Å². The highest BCUT2D eigenvalue weighted by molar-refractivity contribution is 5.80. The molecule has 1 saturated carbocycles. The maximum absolute atomic E-state index is 11.9. The third-order valence-electron chi connectivity index (χ3n) is 4.88. The number of urea groups is 1. The Morgan fingerprint density at radius 3 is 2.52 bits per heavy atom. The highest BCUT2D eigenvalue weighted by Gasteiger charge is 2.60. The van der Waals surface area contributed by atoms with Crippen LogP contribution in [0, 0.1) is 0 Å². The Labute approximate surface area is 124 Å². The molecule has 3 rings (SSSR count). The number of hydrogen-bond donors (Lipinski definition) is 1. The van der Waals surface area contributed by atoms with E-state index in [1.807, 2.05) is 6.07 Å². The summed E-state index contributed by atoms with van der Waals surface area (Å²) in [7, 11) is 4.17. The molecule has 1 saturated heterocycles. The molecular weight excluding hydrogens is 266 g/mol. The van der Waals surface area contributed by atoms with Gasteiger partial charge in [0.1, 0.15) is 6.29 Å². The molecule has 1 N–H and O–H groups in total. The molecule has 21 heavy (non-hydrogen) atoms. The Morgan fingerprint density at radius 2 is 1.95 bits per heavy atom. The van der Waals surface area contributed by atoms with Crippen LogP contribution in [-0.4, -0.2) is 54.8 Å². The van der Waals surface area contributed by atoms with Gasteiger partial charge in [0, 0.05) is 6.54 Å². The highest BCUT2D eigenvalue weighted by atomic mass is 16.2. The van der Waals surface area contributed by atoms with Gasteiger partial charge in [-0.05, 0) is 32.5 Å². The number of aldehydes is 1. The van der Waals surface area contributed by atoms with Crippen molar-refractivity contribution in [3.8, 4) is 0 Å². The summed E-state index contributed by atoms with van der Waals surface area (Å²) < 4.78 is 0. The Bertz CT molecular complexity index is 550. The lowest BCUT2D eigenvalue weighted by molar-refractivity contribution is -0.108. The van der Waals surface area contributed by atoms with Crippen LogP contribution in [0.4, 0.5) is 4.79 Å². The number of carbonyl (C=O) groups is 2. The molecule has 1 aliphatic heterocycles. The van der Waals surface area contributed by atoms with Crippen LogP contribution < -0.4 is 5.32 Å². The molecule has 1 aliphatic carbocycles. The van der Waals surface area contributed by atoms with Gasteiger partial charge in [0.05, 0.1) is 17.6 Å². The monoisotopic (exact) mass is 287 g/mol. The van der Waals surface area contributed by atoms with Crippen molar-refractivity contribution in [2.75, 3.05) is 27.2 Å². The lowest BCUT2D eigenvalue weighted by Crippen LogP contribution is -2.66. The highest BCUT2D eigenvalue weighted by Crippen LogP contribution is 2.53. The molecule has 2 amide bonds. The zero-order valence-electron chi connectivity index (χ0n) is 12.5. The molecule has 2 aliphatic rings.